The lowest BCUT2D eigenvalue weighted by Gasteiger charge is -2.54. The highest BCUT2D eigenvalue weighted by Gasteiger charge is 2.49. The van der Waals surface area contributed by atoms with Crippen molar-refractivity contribution in [2.45, 2.75) is 32.0 Å². The van der Waals surface area contributed by atoms with Crippen LogP contribution >= 0.6 is 0 Å². The van der Waals surface area contributed by atoms with Crippen molar-refractivity contribution in [1.29, 1.82) is 0 Å². The Morgan fingerprint density at radius 1 is 0.727 bits per heavy atom. The topological polar surface area (TPSA) is 26.7 Å². The molecule has 3 heteroatoms. The molecule has 3 nitrogen and oxygen atoms in total. The van der Waals surface area contributed by atoms with Crippen molar-refractivity contribution < 1.29 is 5.11 Å². The van der Waals surface area contributed by atoms with Crippen LogP contribution in [-0.4, -0.2) is 11.8 Å². The number of hydrogen-bond donors (Lipinski definition) is 1. The zero-order valence-electron chi connectivity index (χ0n) is 19.1. The minimum Gasteiger partial charge on any atom is -0.378 e. The van der Waals surface area contributed by atoms with Crippen LogP contribution in [0.4, 0.5) is 11.4 Å². The van der Waals surface area contributed by atoms with E-state index in [-0.39, 0.29) is 6.04 Å². The molecule has 0 saturated heterocycles. The van der Waals surface area contributed by atoms with Crippen molar-refractivity contribution in [3.8, 4) is 0 Å². The molecule has 2 heterocycles. The zero-order valence-corrected chi connectivity index (χ0v) is 19.1. The molecule has 4 aromatic rings. The molecule has 4 aromatic carbocycles. The summed E-state index contributed by atoms with van der Waals surface area (Å²) in [6.07, 6.45) is 0. The first-order valence-corrected chi connectivity index (χ1v) is 11.6. The van der Waals surface area contributed by atoms with Crippen LogP contribution < -0.4 is 9.80 Å². The van der Waals surface area contributed by atoms with Crippen LogP contribution in [0.15, 0.2) is 97.1 Å². The van der Waals surface area contributed by atoms with Gasteiger partial charge in [-0.2, -0.15) is 0 Å². The van der Waals surface area contributed by atoms with Crippen molar-refractivity contribution in [2.75, 3.05) is 16.5 Å². The molecule has 6 rings (SSSR count). The number of anilines is 2. The van der Waals surface area contributed by atoms with Gasteiger partial charge in [0, 0.05) is 23.5 Å². The maximum absolute atomic E-state index is 12.8. The van der Waals surface area contributed by atoms with E-state index in [9.17, 15) is 5.11 Å². The summed E-state index contributed by atoms with van der Waals surface area (Å²) in [5.74, 6) is 0. The first kappa shape index (κ1) is 20.1. The summed E-state index contributed by atoms with van der Waals surface area (Å²) in [6, 6.07) is 33.4. The van der Waals surface area contributed by atoms with E-state index in [1.165, 1.54) is 33.6 Å². The van der Waals surface area contributed by atoms with Gasteiger partial charge in [-0.3, -0.25) is 0 Å². The normalized spacial score (nSPS) is 16.9. The molecule has 0 radical (unpaired) electrons. The van der Waals surface area contributed by atoms with E-state index in [4.69, 9.17) is 0 Å². The Labute approximate surface area is 195 Å². The average molecular weight is 433 g/mol. The maximum Gasteiger partial charge on any atom is 0.139 e. The molecule has 0 fully saturated rings. The van der Waals surface area contributed by atoms with Crippen LogP contribution in [0.25, 0.3) is 0 Å². The molecule has 2 bridgehead atoms. The molecule has 33 heavy (non-hydrogen) atoms. The molecule has 0 saturated carbocycles. The number of hydrogen-bond acceptors (Lipinski definition) is 3. The van der Waals surface area contributed by atoms with Gasteiger partial charge in [0.25, 0.3) is 0 Å². The maximum atomic E-state index is 12.8. The van der Waals surface area contributed by atoms with Crippen LogP contribution in [0.3, 0.4) is 0 Å². The first-order valence-electron chi connectivity index (χ1n) is 11.6. The van der Waals surface area contributed by atoms with E-state index in [0.29, 0.717) is 0 Å². The summed E-state index contributed by atoms with van der Waals surface area (Å²) in [5.41, 5.74) is 7.94. The van der Waals surface area contributed by atoms with E-state index < -0.39 is 5.60 Å². The van der Waals surface area contributed by atoms with Gasteiger partial charge in [-0.05, 0) is 42.7 Å². The van der Waals surface area contributed by atoms with Gasteiger partial charge in [0.15, 0.2) is 0 Å². The molecule has 2 aliphatic rings. The summed E-state index contributed by atoms with van der Waals surface area (Å²) >= 11 is 0. The number of fused-ring (bicyclic) bond motifs is 6. The Bertz CT molecular complexity index is 1280. The van der Waals surface area contributed by atoms with Crippen molar-refractivity contribution in [2.24, 2.45) is 0 Å². The molecule has 0 amide bonds. The van der Waals surface area contributed by atoms with E-state index in [1.54, 1.807) is 0 Å². The summed E-state index contributed by atoms with van der Waals surface area (Å²) in [5, 5.41) is 12.8. The van der Waals surface area contributed by atoms with E-state index in [2.05, 4.69) is 84.3 Å². The van der Waals surface area contributed by atoms with Gasteiger partial charge in [-0.1, -0.05) is 96.1 Å². The van der Waals surface area contributed by atoms with Gasteiger partial charge in [0.05, 0.1) is 12.7 Å². The fraction of sp³-hybridized carbons (Fsp3) is 0.200. The Morgan fingerprint density at radius 3 is 1.94 bits per heavy atom. The second-order valence-corrected chi connectivity index (χ2v) is 9.40. The molecule has 164 valence electrons. The highest BCUT2D eigenvalue weighted by Crippen LogP contribution is 2.53. The highest BCUT2D eigenvalue weighted by molar-refractivity contribution is 5.72. The molecular formula is C30H28N2O. The number of rotatable bonds is 3. The number of aryl methyl sites for hydroxylation is 2. The Hall–Kier alpha value is -3.56. The molecule has 0 aromatic heterocycles. The molecule has 0 aliphatic carbocycles. The summed E-state index contributed by atoms with van der Waals surface area (Å²) in [6.45, 7) is 5.91. The Morgan fingerprint density at radius 2 is 1.30 bits per heavy atom. The van der Waals surface area contributed by atoms with Crippen LogP contribution in [0.5, 0.6) is 0 Å². The summed E-state index contributed by atoms with van der Waals surface area (Å²) in [4.78, 5) is 4.84. The van der Waals surface area contributed by atoms with E-state index >= 15 is 0 Å². The van der Waals surface area contributed by atoms with Crippen molar-refractivity contribution in [3.05, 3.63) is 130 Å². The molecule has 2 aliphatic heterocycles. The largest absolute Gasteiger partial charge is 0.378 e. The first-order chi connectivity index (χ1) is 16.1. The van der Waals surface area contributed by atoms with Crippen LogP contribution in [0, 0.1) is 13.8 Å². The third-order valence-electron chi connectivity index (χ3n) is 7.18. The molecular weight excluding hydrogens is 404 g/mol. The van der Waals surface area contributed by atoms with Crippen molar-refractivity contribution in [3.63, 3.8) is 0 Å². The SMILES string of the molecule is Cc1ccc2c(c1)CN1CN2C(C(O)(c2ccccc2)c2ccccc2)c2cc(C)ccc21. The second kappa shape index (κ2) is 7.50. The highest BCUT2D eigenvalue weighted by atomic mass is 16.3. The predicted octanol–water partition coefficient (Wildman–Crippen LogP) is 6.08. The third-order valence-corrected chi connectivity index (χ3v) is 7.18. The fourth-order valence-electron chi connectivity index (χ4n) is 5.69. The average Bonchev–Trinajstić information content (AvgIpc) is 2.84. The van der Waals surface area contributed by atoms with Crippen LogP contribution in [-0.2, 0) is 12.1 Å². The molecule has 1 unspecified atom stereocenters. The second-order valence-electron chi connectivity index (χ2n) is 9.40. The smallest absolute Gasteiger partial charge is 0.139 e. The van der Waals surface area contributed by atoms with E-state index in [1.807, 2.05) is 36.4 Å². The van der Waals surface area contributed by atoms with Crippen molar-refractivity contribution in [1.82, 2.24) is 0 Å². The molecule has 0 spiro atoms. The standard InChI is InChI=1S/C30H28N2O/c1-21-13-15-27-23(17-21)19-31-20-32(27)29(26-18-22(2)14-16-28(26)31)30(33,24-9-5-3-6-10-24)25-11-7-4-8-12-25/h3-18,29,33H,19-20H2,1-2H3. The monoisotopic (exact) mass is 432 g/mol. The number of nitrogens with zero attached hydrogens (tertiary/aromatic N) is 2. The number of benzene rings is 4. The lowest BCUT2D eigenvalue weighted by molar-refractivity contribution is 0.0455. The van der Waals surface area contributed by atoms with Gasteiger partial charge in [-0.15, -0.1) is 0 Å². The van der Waals surface area contributed by atoms with Crippen molar-refractivity contribution >= 4 is 11.4 Å². The van der Waals surface area contributed by atoms with E-state index in [0.717, 1.165) is 24.3 Å². The van der Waals surface area contributed by atoms with Gasteiger partial charge in [-0.25, -0.2) is 0 Å². The summed E-state index contributed by atoms with van der Waals surface area (Å²) in [7, 11) is 0. The molecule has 1 N–H and O–H groups in total. The lowest BCUT2D eigenvalue weighted by Crippen LogP contribution is -2.55. The quantitative estimate of drug-likeness (QED) is 0.425. The fourth-order valence-corrected chi connectivity index (χ4v) is 5.69. The van der Waals surface area contributed by atoms with Gasteiger partial charge in [0.2, 0.25) is 0 Å². The lowest BCUT2D eigenvalue weighted by atomic mass is 9.74. The Kier molecular flexibility index (Phi) is 4.56. The summed E-state index contributed by atoms with van der Waals surface area (Å²) < 4.78 is 0. The van der Waals surface area contributed by atoms with Gasteiger partial charge < -0.3 is 14.9 Å². The van der Waals surface area contributed by atoms with Gasteiger partial charge >= 0.3 is 0 Å². The predicted molar refractivity (Wildman–Crippen MR) is 135 cm³/mol. The van der Waals surface area contributed by atoms with Gasteiger partial charge in [0.1, 0.15) is 5.60 Å². The van der Waals surface area contributed by atoms with Crippen LogP contribution in [0.2, 0.25) is 0 Å². The third kappa shape index (κ3) is 3.07. The van der Waals surface area contributed by atoms with Crippen LogP contribution in [0.1, 0.15) is 39.4 Å². The minimum atomic E-state index is -1.23. The Balaban J connectivity index is 1.66. The number of aliphatic hydroxyl groups is 1. The minimum absolute atomic E-state index is 0.268. The molecule has 1 atom stereocenters. The zero-order chi connectivity index (χ0) is 22.6.